The van der Waals surface area contributed by atoms with Crippen LogP contribution in [0.4, 0.5) is 8.78 Å². The van der Waals surface area contributed by atoms with Gasteiger partial charge in [0.1, 0.15) is 5.82 Å². The summed E-state index contributed by atoms with van der Waals surface area (Å²) in [5, 5.41) is 18.0. The van der Waals surface area contributed by atoms with Gasteiger partial charge < -0.3 is 10.1 Å². The minimum atomic E-state index is -0.983. The van der Waals surface area contributed by atoms with Crippen LogP contribution in [0.15, 0.2) is 54.6 Å². The summed E-state index contributed by atoms with van der Waals surface area (Å²) in [7, 11) is 0. The lowest BCUT2D eigenvalue weighted by molar-refractivity contribution is -0.138. The summed E-state index contributed by atoms with van der Waals surface area (Å²) < 4.78 is 30.2. The molecule has 4 aromatic rings. The summed E-state index contributed by atoms with van der Waals surface area (Å²) in [6, 6.07) is 17.5. The largest absolute Gasteiger partial charge is 0.481 e. The second-order valence-corrected chi connectivity index (χ2v) is 9.16. The topological polar surface area (TPSA) is 89.8 Å². The van der Waals surface area contributed by atoms with E-state index in [-0.39, 0.29) is 29.3 Å². The number of aromatic amines is 1. The number of nitriles is 1. The number of nitrogens with one attached hydrogen (secondary N) is 1. The highest BCUT2D eigenvalue weighted by molar-refractivity contribution is 5.81. The Bertz CT molecular complexity index is 1450. The van der Waals surface area contributed by atoms with E-state index in [1.807, 2.05) is 18.2 Å². The van der Waals surface area contributed by atoms with Gasteiger partial charge in [-0.2, -0.15) is 5.26 Å². The Morgan fingerprint density at radius 3 is 2.37 bits per heavy atom. The molecule has 3 aromatic carbocycles. The van der Waals surface area contributed by atoms with Gasteiger partial charge in [-0.05, 0) is 72.9 Å². The van der Waals surface area contributed by atoms with Gasteiger partial charge in [0.25, 0.3) is 0 Å². The van der Waals surface area contributed by atoms with E-state index < -0.39 is 17.6 Å². The number of aromatic nitrogens is 2. The Hall–Kier alpha value is -4.05. The Morgan fingerprint density at radius 1 is 1.00 bits per heavy atom. The van der Waals surface area contributed by atoms with E-state index >= 15 is 8.78 Å². The molecule has 1 aromatic heterocycles. The van der Waals surface area contributed by atoms with Crippen molar-refractivity contribution in [1.29, 1.82) is 5.26 Å². The molecule has 1 fully saturated rings. The molecule has 0 spiro atoms. The fourth-order valence-electron chi connectivity index (χ4n) is 5.04. The molecule has 1 saturated carbocycles. The number of nitrogens with zero attached hydrogens (tertiary/aromatic N) is 2. The first-order chi connectivity index (χ1) is 16.9. The number of halogens is 2. The smallest absolute Gasteiger partial charge is 0.303 e. The summed E-state index contributed by atoms with van der Waals surface area (Å²) in [6.07, 6.45) is 3.87. The van der Waals surface area contributed by atoms with Gasteiger partial charge in [-0.1, -0.05) is 30.3 Å². The molecule has 1 aliphatic carbocycles. The number of H-pyrrole nitrogens is 1. The third kappa shape index (κ3) is 4.52. The zero-order valence-electron chi connectivity index (χ0n) is 18.9. The van der Waals surface area contributed by atoms with Gasteiger partial charge in [-0.3, -0.25) is 4.79 Å². The van der Waals surface area contributed by atoms with E-state index in [1.54, 1.807) is 36.4 Å². The van der Waals surface area contributed by atoms with Crippen molar-refractivity contribution in [1.82, 2.24) is 9.97 Å². The number of benzene rings is 3. The molecule has 5 nitrogen and oxygen atoms in total. The summed E-state index contributed by atoms with van der Waals surface area (Å²) in [4.78, 5) is 18.2. The molecule has 1 aliphatic rings. The van der Waals surface area contributed by atoms with Gasteiger partial charge in [-0.25, -0.2) is 13.8 Å². The first-order valence-corrected chi connectivity index (χ1v) is 11.6. The fourth-order valence-corrected chi connectivity index (χ4v) is 5.04. The van der Waals surface area contributed by atoms with Crippen molar-refractivity contribution in [2.24, 2.45) is 5.92 Å². The first kappa shape index (κ1) is 22.7. The van der Waals surface area contributed by atoms with Crippen LogP contribution in [0.25, 0.3) is 33.5 Å². The fraction of sp³-hybridized carbons (Fsp3) is 0.250. The molecule has 5 rings (SSSR count). The number of hydrogen-bond acceptors (Lipinski definition) is 3. The van der Waals surface area contributed by atoms with Crippen molar-refractivity contribution in [2.45, 2.75) is 38.0 Å². The summed E-state index contributed by atoms with van der Waals surface area (Å²) in [5.74, 6) is -1.88. The third-order valence-electron chi connectivity index (χ3n) is 6.95. The Labute approximate surface area is 201 Å². The van der Waals surface area contributed by atoms with E-state index in [0.29, 0.717) is 28.1 Å². The molecule has 2 N–H and O–H groups in total. The van der Waals surface area contributed by atoms with Crippen molar-refractivity contribution < 1.29 is 18.7 Å². The van der Waals surface area contributed by atoms with Gasteiger partial charge in [-0.15, -0.1) is 0 Å². The Balaban J connectivity index is 1.36. The first-order valence-electron chi connectivity index (χ1n) is 11.6. The summed E-state index contributed by atoms with van der Waals surface area (Å²) >= 11 is 0. The van der Waals surface area contributed by atoms with Crippen molar-refractivity contribution in [2.75, 3.05) is 0 Å². The van der Waals surface area contributed by atoms with Crippen LogP contribution in [-0.2, 0) is 4.79 Å². The average Bonchev–Trinajstić information content (AvgIpc) is 3.29. The van der Waals surface area contributed by atoms with Crippen molar-refractivity contribution in [3.63, 3.8) is 0 Å². The molecule has 0 saturated heterocycles. The number of rotatable bonds is 5. The highest BCUT2D eigenvalue weighted by Crippen LogP contribution is 2.38. The number of carboxylic acids is 1. The molecule has 0 atom stereocenters. The second-order valence-electron chi connectivity index (χ2n) is 9.16. The molecule has 0 amide bonds. The van der Waals surface area contributed by atoms with E-state index in [1.165, 1.54) is 6.07 Å². The van der Waals surface area contributed by atoms with Crippen molar-refractivity contribution in [3.8, 4) is 28.6 Å². The molecule has 1 heterocycles. The van der Waals surface area contributed by atoms with Gasteiger partial charge in [0.15, 0.2) is 11.6 Å². The van der Waals surface area contributed by atoms with E-state index in [9.17, 15) is 4.79 Å². The lowest BCUT2D eigenvalue weighted by atomic mass is 9.77. The monoisotopic (exact) mass is 471 g/mol. The predicted octanol–water partition coefficient (Wildman–Crippen LogP) is 6.80. The van der Waals surface area contributed by atoms with Gasteiger partial charge >= 0.3 is 5.97 Å². The Morgan fingerprint density at radius 2 is 1.69 bits per heavy atom. The highest BCUT2D eigenvalue weighted by Gasteiger charge is 2.24. The third-order valence-corrected chi connectivity index (χ3v) is 6.95. The summed E-state index contributed by atoms with van der Waals surface area (Å²) in [6.45, 7) is 0. The molecule has 0 aliphatic heterocycles. The summed E-state index contributed by atoms with van der Waals surface area (Å²) in [5.41, 5.74) is 3.51. The standard InChI is InChI=1S/C28H23F2N3O2/c29-26-21(20-8-6-19(7-9-20)18-4-1-16(2-5-18)14-25(34)35)10-11-22(27(26)30)28-32-23-12-3-17(15-31)13-24(23)33-28/h3,6-13,16,18H,1-2,4-5,14H2,(H,32,33)(H,34,35). The van der Waals surface area contributed by atoms with E-state index in [4.69, 9.17) is 10.4 Å². The Kier molecular flexibility index (Phi) is 6.04. The lowest BCUT2D eigenvalue weighted by Gasteiger charge is -2.28. The normalized spacial score (nSPS) is 17.9. The molecule has 0 bridgehead atoms. The van der Waals surface area contributed by atoms with Gasteiger partial charge in [0.05, 0.1) is 28.2 Å². The maximum absolute atomic E-state index is 15.1. The van der Waals surface area contributed by atoms with Crippen LogP contribution >= 0.6 is 0 Å². The minimum absolute atomic E-state index is 0.0238. The number of carbonyl (C=O) groups is 1. The van der Waals surface area contributed by atoms with Gasteiger partial charge in [0, 0.05) is 12.0 Å². The zero-order valence-corrected chi connectivity index (χ0v) is 18.9. The number of imidazole rings is 1. The SMILES string of the molecule is N#Cc1ccc2nc(-c3ccc(-c4ccc(C5CCC(CC(=O)O)CC5)cc4)c(F)c3F)[nH]c2c1. The van der Waals surface area contributed by atoms with Crippen molar-refractivity contribution >= 4 is 17.0 Å². The molecular weight excluding hydrogens is 448 g/mol. The number of aliphatic carboxylic acids is 1. The average molecular weight is 472 g/mol. The van der Waals surface area contributed by atoms with Crippen LogP contribution in [-0.4, -0.2) is 21.0 Å². The quantitative estimate of drug-likeness (QED) is 0.335. The van der Waals surface area contributed by atoms with E-state index in [0.717, 1.165) is 31.2 Å². The maximum Gasteiger partial charge on any atom is 0.303 e. The molecule has 176 valence electrons. The molecule has 7 heteroatoms. The minimum Gasteiger partial charge on any atom is -0.481 e. The highest BCUT2D eigenvalue weighted by atomic mass is 19.2. The number of hydrogen-bond donors (Lipinski definition) is 2. The predicted molar refractivity (Wildman–Crippen MR) is 129 cm³/mol. The van der Waals surface area contributed by atoms with Crippen LogP contribution in [0.3, 0.4) is 0 Å². The van der Waals surface area contributed by atoms with Crippen LogP contribution < -0.4 is 0 Å². The maximum atomic E-state index is 15.1. The van der Waals surface area contributed by atoms with Crippen LogP contribution in [0, 0.1) is 28.9 Å². The molecule has 0 radical (unpaired) electrons. The van der Waals surface area contributed by atoms with Crippen LogP contribution in [0.2, 0.25) is 0 Å². The number of carboxylic acid groups (broad SMARTS) is 1. The molecular formula is C28H23F2N3O2. The van der Waals surface area contributed by atoms with Gasteiger partial charge in [0.2, 0.25) is 0 Å². The van der Waals surface area contributed by atoms with Crippen LogP contribution in [0.5, 0.6) is 0 Å². The molecule has 0 unspecified atom stereocenters. The second kappa shape index (κ2) is 9.30. The zero-order chi connectivity index (χ0) is 24.5. The molecule has 35 heavy (non-hydrogen) atoms. The van der Waals surface area contributed by atoms with E-state index in [2.05, 4.69) is 9.97 Å². The van der Waals surface area contributed by atoms with Crippen LogP contribution in [0.1, 0.15) is 49.1 Å². The van der Waals surface area contributed by atoms with Crippen molar-refractivity contribution in [3.05, 3.63) is 77.4 Å². The lowest BCUT2D eigenvalue weighted by Crippen LogP contribution is -2.16. The number of fused-ring (bicyclic) bond motifs is 1.